The van der Waals surface area contributed by atoms with Crippen LogP contribution in [0, 0.1) is 5.92 Å². The SMILES string of the molecule is C=CNC(=O)C=CC1CCNC1=O. The summed E-state index contributed by atoms with van der Waals surface area (Å²) in [5, 5.41) is 5.07. The van der Waals surface area contributed by atoms with Gasteiger partial charge in [0.2, 0.25) is 11.8 Å². The van der Waals surface area contributed by atoms with Gasteiger partial charge < -0.3 is 10.6 Å². The second kappa shape index (κ2) is 4.45. The molecule has 0 aromatic rings. The van der Waals surface area contributed by atoms with E-state index in [9.17, 15) is 9.59 Å². The van der Waals surface area contributed by atoms with Gasteiger partial charge in [-0.3, -0.25) is 9.59 Å². The molecule has 1 rings (SSSR count). The van der Waals surface area contributed by atoms with Crippen molar-refractivity contribution in [3.63, 3.8) is 0 Å². The molecule has 1 saturated heterocycles. The summed E-state index contributed by atoms with van der Waals surface area (Å²) in [4.78, 5) is 21.9. The van der Waals surface area contributed by atoms with E-state index < -0.39 is 0 Å². The molecule has 1 aliphatic rings. The Bertz CT molecular complexity index is 258. The highest BCUT2D eigenvalue weighted by Crippen LogP contribution is 2.09. The Morgan fingerprint density at radius 1 is 1.69 bits per heavy atom. The van der Waals surface area contributed by atoms with E-state index in [4.69, 9.17) is 0 Å². The molecule has 0 aromatic heterocycles. The van der Waals surface area contributed by atoms with Crippen molar-refractivity contribution in [3.05, 3.63) is 24.9 Å². The maximum Gasteiger partial charge on any atom is 0.247 e. The minimum absolute atomic E-state index is 0.0114. The van der Waals surface area contributed by atoms with Crippen molar-refractivity contribution in [2.24, 2.45) is 5.92 Å². The lowest BCUT2D eigenvalue weighted by atomic mass is 10.1. The lowest BCUT2D eigenvalue weighted by Gasteiger charge is -1.97. The van der Waals surface area contributed by atoms with E-state index in [2.05, 4.69) is 17.2 Å². The summed E-state index contributed by atoms with van der Waals surface area (Å²) < 4.78 is 0. The van der Waals surface area contributed by atoms with Crippen molar-refractivity contribution < 1.29 is 9.59 Å². The van der Waals surface area contributed by atoms with Crippen LogP contribution in [0.4, 0.5) is 0 Å². The predicted molar refractivity (Wildman–Crippen MR) is 48.6 cm³/mol. The smallest absolute Gasteiger partial charge is 0.247 e. The van der Waals surface area contributed by atoms with Crippen molar-refractivity contribution in [1.82, 2.24) is 10.6 Å². The van der Waals surface area contributed by atoms with Gasteiger partial charge in [-0.15, -0.1) is 0 Å². The largest absolute Gasteiger partial charge is 0.356 e. The molecule has 4 nitrogen and oxygen atoms in total. The fourth-order valence-electron chi connectivity index (χ4n) is 1.15. The standard InChI is InChI=1S/C9H12N2O2/c1-2-10-8(12)4-3-7-5-6-11-9(7)13/h2-4,7H,1,5-6H2,(H,10,12)(H,11,13). The summed E-state index contributed by atoms with van der Waals surface area (Å²) in [5.41, 5.74) is 0. The minimum atomic E-state index is -0.255. The number of nitrogens with one attached hydrogen (secondary N) is 2. The molecular formula is C9H12N2O2. The zero-order chi connectivity index (χ0) is 9.68. The first-order valence-corrected chi connectivity index (χ1v) is 4.11. The quantitative estimate of drug-likeness (QED) is 0.598. The van der Waals surface area contributed by atoms with Gasteiger partial charge >= 0.3 is 0 Å². The Morgan fingerprint density at radius 2 is 2.46 bits per heavy atom. The molecule has 4 heteroatoms. The Balaban J connectivity index is 2.42. The average molecular weight is 180 g/mol. The summed E-state index contributed by atoms with van der Waals surface area (Å²) in [6.07, 6.45) is 5.04. The molecule has 1 atom stereocenters. The Morgan fingerprint density at radius 3 is 3.00 bits per heavy atom. The molecule has 1 unspecified atom stereocenters. The van der Waals surface area contributed by atoms with Gasteiger partial charge in [0.15, 0.2) is 0 Å². The zero-order valence-corrected chi connectivity index (χ0v) is 7.25. The lowest BCUT2D eigenvalue weighted by Crippen LogP contribution is -2.18. The summed E-state index contributed by atoms with van der Waals surface area (Å²) in [5.74, 6) is -0.423. The van der Waals surface area contributed by atoms with E-state index in [1.807, 2.05) is 0 Å². The zero-order valence-electron chi connectivity index (χ0n) is 7.25. The number of hydrogen-bond donors (Lipinski definition) is 2. The van der Waals surface area contributed by atoms with Gasteiger partial charge in [0.1, 0.15) is 0 Å². The summed E-state index contributed by atoms with van der Waals surface area (Å²) in [7, 11) is 0. The Labute approximate surface area is 76.7 Å². The van der Waals surface area contributed by atoms with Crippen LogP contribution in [0.1, 0.15) is 6.42 Å². The fourth-order valence-corrected chi connectivity index (χ4v) is 1.15. The molecule has 13 heavy (non-hydrogen) atoms. The number of carbonyl (C=O) groups is 2. The number of rotatable bonds is 3. The molecule has 70 valence electrons. The second-order valence-corrected chi connectivity index (χ2v) is 2.76. The third-order valence-corrected chi connectivity index (χ3v) is 1.82. The van der Waals surface area contributed by atoms with Crippen LogP contribution in [-0.2, 0) is 9.59 Å². The van der Waals surface area contributed by atoms with Crippen LogP contribution in [0.3, 0.4) is 0 Å². The molecule has 0 saturated carbocycles. The third-order valence-electron chi connectivity index (χ3n) is 1.82. The molecular weight excluding hydrogens is 168 g/mol. The van der Waals surface area contributed by atoms with Gasteiger partial charge in [-0.05, 0) is 12.6 Å². The van der Waals surface area contributed by atoms with Crippen molar-refractivity contribution in [1.29, 1.82) is 0 Å². The highest BCUT2D eigenvalue weighted by Gasteiger charge is 2.20. The molecule has 2 N–H and O–H groups in total. The third kappa shape index (κ3) is 2.74. The first-order chi connectivity index (χ1) is 6.24. The normalized spacial score (nSPS) is 21.5. The maximum atomic E-state index is 11.0. The molecule has 1 heterocycles. The molecule has 2 amide bonds. The molecule has 0 bridgehead atoms. The second-order valence-electron chi connectivity index (χ2n) is 2.76. The van der Waals surface area contributed by atoms with Gasteiger partial charge in [-0.1, -0.05) is 12.7 Å². The van der Waals surface area contributed by atoms with Gasteiger partial charge in [0.25, 0.3) is 0 Å². The maximum absolute atomic E-state index is 11.0. The average Bonchev–Trinajstić information content (AvgIpc) is 2.48. The van der Waals surface area contributed by atoms with Gasteiger partial charge in [-0.2, -0.15) is 0 Å². The molecule has 0 radical (unpaired) electrons. The monoisotopic (exact) mass is 180 g/mol. The van der Waals surface area contributed by atoms with Crippen molar-refractivity contribution in [2.75, 3.05) is 6.54 Å². The van der Waals surface area contributed by atoms with Crippen molar-refractivity contribution in [3.8, 4) is 0 Å². The Hall–Kier alpha value is -1.58. The highest BCUT2D eigenvalue weighted by atomic mass is 16.2. The first-order valence-electron chi connectivity index (χ1n) is 4.11. The molecule has 1 fully saturated rings. The first kappa shape index (κ1) is 9.51. The number of amides is 2. The van der Waals surface area contributed by atoms with E-state index in [0.717, 1.165) is 6.42 Å². The molecule has 0 spiro atoms. The summed E-state index contributed by atoms with van der Waals surface area (Å²) in [6, 6.07) is 0. The number of carbonyl (C=O) groups excluding carboxylic acids is 2. The predicted octanol–water partition coefficient (Wildman–Crippen LogP) is -0.0616. The molecule has 0 aromatic carbocycles. The van der Waals surface area contributed by atoms with Crippen LogP contribution in [0.25, 0.3) is 0 Å². The van der Waals surface area contributed by atoms with Gasteiger partial charge in [-0.25, -0.2) is 0 Å². The van der Waals surface area contributed by atoms with Crippen LogP contribution in [0.5, 0.6) is 0 Å². The summed E-state index contributed by atoms with van der Waals surface area (Å²) >= 11 is 0. The van der Waals surface area contributed by atoms with Crippen LogP contribution in [-0.4, -0.2) is 18.4 Å². The highest BCUT2D eigenvalue weighted by molar-refractivity contribution is 5.90. The van der Waals surface area contributed by atoms with E-state index in [1.165, 1.54) is 12.3 Å². The van der Waals surface area contributed by atoms with E-state index in [0.29, 0.717) is 6.54 Å². The molecule has 0 aliphatic carbocycles. The van der Waals surface area contributed by atoms with Crippen LogP contribution < -0.4 is 10.6 Å². The van der Waals surface area contributed by atoms with Crippen LogP contribution in [0.15, 0.2) is 24.9 Å². The lowest BCUT2D eigenvalue weighted by molar-refractivity contribution is -0.121. The fraction of sp³-hybridized carbons (Fsp3) is 0.333. The summed E-state index contributed by atoms with van der Waals surface area (Å²) in [6.45, 7) is 4.04. The van der Waals surface area contributed by atoms with Crippen molar-refractivity contribution in [2.45, 2.75) is 6.42 Å². The minimum Gasteiger partial charge on any atom is -0.356 e. The van der Waals surface area contributed by atoms with Crippen LogP contribution >= 0.6 is 0 Å². The van der Waals surface area contributed by atoms with E-state index in [1.54, 1.807) is 6.08 Å². The van der Waals surface area contributed by atoms with E-state index >= 15 is 0 Å². The van der Waals surface area contributed by atoms with Gasteiger partial charge in [0, 0.05) is 12.6 Å². The van der Waals surface area contributed by atoms with Crippen molar-refractivity contribution >= 4 is 11.8 Å². The topological polar surface area (TPSA) is 58.2 Å². The van der Waals surface area contributed by atoms with Crippen LogP contribution in [0.2, 0.25) is 0 Å². The molecule has 1 aliphatic heterocycles. The Kier molecular flexibility index (Phi) is 3.25. The van der Waals surface area contributed by atoms with Gasteiger partial charge in [0.05, 0.1) is 5.92 Å². The number of hydrogen-bond acceptors (Lipinski definition) is 2. The van der Waals surface area contributed by atoms with E-state index in [-0.39, 0.29) is 17.7 Å².